The molecule has 0 bridgehead atoms. The summed E-state index contributed by atoms with van der Waals surface area (Å²) in [4.78, 5) is 12.2. The van der Waals surface area contributed by atoms with Crippen LogP contribution in [-0.2, 0) is 4.79 Å². The molecule has 0 saturated carbocycles. The Balaban J connectivity index is 1.80. The van der Waals surface area contributed by atoms with E-state index in [0.29, 0.717) is 12.4 Å². The van der Waals surface area contributed by atoms with E-state index in [1.165, 1.54) is 24.1 Å². The fourth-order valence-corrected chi connectivity index (χ4v) is 3.44. The van der Waals surface area contributed by atoms with Crippen LogP contribution in [0.1, 0.15) is 24.1 Å². The Bertz CT molecular complexity index is 863. The Morgan fingerprint density at radius 1 is 1.28 bits per heavy atom. The number of halogens is 1. The van der Waals surface area contributed by atoms with Gasteiger partial charge in [0.05, 0.1) is 31.4 Å². The maximum absolute atomic E-state index is 13.3. The number of carbonyl (C=O) groups excluding carboxylic acids is 1. The predicted octanol–water partition coefficient (Wildman–Crippen LogP) is 3.15. The van der Waals surface area contributed by atoms with Crippen molar-refractivity contribution in [2.75, 3.05) is 13.7 Å². The lowest BCUT2D eigenvalue weighted by Gasteiger charge is -2.29. The molecule has 0 spiro atoms. The standard InChI is InChI=1S/C19H17FN2O3/c1-11(23)22-19(12-3-5-13(20)6-4-12)16-10-25-17-8-7-14(24-2)9-15(17)18(16)21-22/h3-9,16,19H,10H2,1-2H3/t16-,19-/m0/s1. The molecule has 0 radical (unpaired) electrons. The molecule has 128 valence electrons. The molecule has 5 nitrogen and oxygen atoms in total. The van der Waals surface area contributed by atoms with Gasteiger partial charge in [0.2, 0.25) is 5.91 Å². The van der Waals surface area contributed by atoms with Gasteiger partial charge in [0, 0.05) is 12.5 Å². The average molecular weight is 340 g/mol. The van der Waals surface area contributed by atoms with E-state index < -0.39 is 0 Å². The quantitative estimate of drug-likeness (QED) is 0.844. The number of nitrogens with zero attached hydrogens (tertiary/aromatic N) is 2. The topological polar surface area (TPSA) is 51.1 Å². The van der Waals surface area contributed by atoms with Crippen molar-refractivity contribution in [2.45, 2.75) is 13.0 Å². The minimum absolute atomic E-state index is 0.117. The maximum atomic E-state index is 13.3. The van der Waals surface area contributed by atoms with E-state index in [2.05, 4.69) is 5.10 Å². The van der Waals surface area contributed by atoms with Gasteiger partial charge in [-0.2, -0.15) is 5.10 Å². The van der Waals surface area contributed by atoms with E-state index in [1.807, 2.05) is 18.2 Å². The van der Waals surface area contributed by atoms with Gasteiger partial charge in [-0.3, -0.25) is 4.79 Å². The average Bonchev–Trinajstić information content (AvgIpc) is 3.02. The second-order valence-corrected chi connectivity index (χ2v) is 6.12. The van der Waals surface area contributed by atoms with Crippen molar-refractivity contribution in [3.8, 4) is 11.5 Å². The second-order valence-electron chi connectivity index (χ2n) is 6.12. The van der Waals surface area contributed by atoms with Crippen molar-refractivity contribution < 1.29 is 18.7 Å². The number of amides is 1. The van der Waals surface area contributed by atoms with Crippen molar-refractivity contribution in [2.24, 2.45) is 11.0 Å². The molecule has 2 aliphatic heterocycles. The van der Waals surface area contributed by atoms with Gasteiger partial charge in [0.1, 0.15) is 17.3 Å². The molecule has 0 N–H and O–H groups in total. The number of methoxy groups -OCH3 is 1. The van der Waals surface area contributed by atoms with Crippen molar-refractivity contribution in [3.63, 3.8) is 0 Å². The molecule has 2 heterocycles. The third-order valence-corrected chi connectivity index (χ3v) is 4.63. The molecular formula is C19H17FN2O3. The number of hydrazone groups is 1. The number of carbonyl (C=O) groups is 1. The lowest BCUT2D eigenvalue weighted by Crippen LogP contribution is -2.34. The summed E-state index contributed by atoms with van der Waals surface area (Å²) in [5, 5.41) is 6.04. The Morgan fingerprint density at radius 2 is 2.04 bits per heavy atom. The molecule has 0 saturated heterocycles. The molecule has 2 aromatic carbocycles. The lowest BCUT2D eigenvalue weighted by atomic mass is 9.85. The summed E-state index contributed by atoms with van der Waals surface area (Å²) in [5.41, 5.74) is 2.45. The third-order valence-electron chi connectivity index (χ3n) is 4.63. The number of fused-ring (bicyclic) bond motifs is 3. The molecule has 0 aromatic heterocycles. The highest BCUT2D eigenvalue weighted by Crippen LogP contribution is 2.43. The van der Waals surface area contributed by atoms with Gasteiger partial charge in [-0.05, 0) is 35.9 Å². The maximum Gasteiger partial charge on any atom is 0.240 e. The number of rotatable bonds is 2. The fraction of sp³-hybridized carbons (Fsp3) is 0.263. The molecule has 0 unspecified atom stereocenters. The summed E-state index contributed by atoms with van der Waals surface area (Å²) in [6.07, 6.45) is 0. The molecule has 6 heteroatoms. The van der Waals surface area contributed by atoms with Gasteiger partial charge in [0.15, 0.2) is 0 Å². The van der Waals surface area contributed by atoms with Crippen LogP contribution in [-0.4, -0.2) is 30.3 Å². The fourth-order valence-electron chi connectivity index (χ4n) is 3.44. The molecular weight excluding hydrogens is 323 g/mol. The second kappa shape index (κ2) is 5.88. The Hall–Kier alpha value is -2.89. The normalized spacial score (nSPS) is 21.1. The first-order valence-corrected chi connectivity index (χ1v) is 8.03. The number of benzene rings is 2. The van der Waals surface area contributed by atoms with E-state index in [4.69, 9.17) is 9.47 Å². The molecule has 4 rings (SSSR count). The van der Waals surface area contributed by atoms with Gasteiger partial charge in [-0.25, -0.2) is 9.40 Å². The zero-order valence-electron chi connectivity index (χ0n) is 13.9. The van der Waals surface area contributed by atoms with Crippen LogP contribution in [0.3, 0.4) is 0 Å². The van der Waals surface area contributed by atoms with E-state index in [0.717, 1.165) is 22.6 Å². The summed E-state index contributed by atoms with van der Waals surface area (Å²) < 4.78 is 24.5. The van der Waals surface area contributed by atoms with Gasteiger partial charge in [-0.15, -0.1) is 0 Å². The highest BCUT2D eigenvalue weighted by molar-refractivity contribution is 6.07. The summed E-state index contributed by atoms with van der Waals surface area (Å²) in [7, 11) is 1.60. The van der Waals surface area contributed by atoms with Crippen LogP contribution in [0.2, 0.25) is 0 Å². The minimum Gasteiger partial charge on any atom is -0.497 e. The largest absolute Gasteiger partial charge is 0.497 e. The van der Waals surface area contributed by atoms with Crippen LogP contribution < -0.4 is 9.47 Å². The van der Waals surface area contributed by atoms with Crippen LogP contribution in [0.15, 0.2) is 47.6 Å². The van der Waals surface area contributed by atoms with Crippen LogP contribution in [0.25, 0.3) is 0 Å². The first kappa shape index (κ1) is 15.6. The molecule has 1 amide bonds. The lowest BCUT2D eigenvalue weighted by molar-refractivity contribution is -0.131. The van der Waals surface area contributed by atoms with E-state index in [9.17, 15) is 9.18 Å². The summed E-state index contributed by atoms with van der Waals surface area (Å²) in [6.45, 7) is 1.88. The summed E-state index contributed by atoms with van der Waals surface area (Å²) in [5.74, 6) is 0.825. The van der Waals surface area contributed by atoms with Crippen molar-refractivity contribution in [3.05, 3.63) is 59.4 Å². The van der Waals surface area contributed by atoms with E-state index >= 15 is 0 Å². The Kier molecular flexibility index (Phi) is 3.67. The van der Waals surface area contributed by atoms with Crippen LogP contribution in [0.4, 0.5) is 4.39 Å². The van der Waals surface area contributed by atoms with E-state index in [-0.39, 0.29) is 23.7 Å². The molecule has 0 aliphatic carbocycles. The SMILES string of the molecule is COc1ccc2c(c1)C1=NN(C(C)=O)[C@@H](c3ccc(F)cc3)[C@H]1CO2. The van der Waals surface area contributed by atoms with Crippen molar-refractivity contribution in [1.29, 1.82) is 0 Å². The monoisotopic (exact) mass is 340 g/mol. The van der Waals surface area contributed by atoms with Gasteiger partial charge < -0.3 is 9.47 Å². The highest BCUT2D eigenvalue weighted by atomic mass is 19.1. The first-order valence-electron chi connectivity index (χ1n) is 8.03. The molecule has 2 aliphatic rings. The smallest absolute Gasteiger partial charge is 0.240 e. The zero-order valence-corrected chi connectivity index (χ0v) is 13.9. The minimum atomic E-state index is -0.313. The van der Waals surface area contributed by atoms with E-state index in [1.54, 1.807) is 19.2 Å². The molecule has 0 fully saturated rings. The van der Waals surface area contributed by atoms with Gasteiger partial charge >= 0.3 is 0 Å². The zero-order chi connectivity index (χ0) is 17.6. The third kappa shape index (κ3) is 2.54. The number of hydrogen-bond acceptors (Lipinski definition) is 4. The Labute approximate surface area is 144 Å². The van der Waals surface area contributed by atoms with Crippen molar-refractivity contribution >= 4 is 11.6 Å². The molecule has 2 atom stereocenters. The highest BCUT2D eigenvalue weighted by Gasteiger charge is 2.44. The molecule has 25 heavy (non-hydrogen) atoms. The predicted molar refractivity (Wildman–Crippen MR) is 90.2 cm³/mol. The van der Waals surface area contributed by atoms with Crippen molar-refractivity contribution in [1.82, 2.24) is 5.01 Å². The first-order chi connectivity index (χ1) is 12.1. The molecule has 2 aromatic rings. The van der Waals surface area contributed by atoms with Crippen LogP contribution in [0.5, 0.6) is 11.5 Å². The Morgan fingerprint density at radius 3 is 2.72 bits per heavy atom. The number of ether oxygens (including phenoxy) is 2. The summed E-state index contributed by atoms with van der Waals surface area (Å²) >= 11 is 0. The number of hydrogen-bond donors (Lipinski definition) is 0. The van der Waals surface area contributed by atoms with Crippen LogP contribution >= 0.6 is 0 Å². The van der Waals surface area contributed by atoms with Crippen LogP contribution in [0, 0.1) is 11.7 Å². The van der Waals surface area contributed by atoms with Gasteiger partial charge in [-0.1, -0.05) is 12.1 Å². The van der Waals surface area contributed by atoms with Gasteiger partial charge in [0.25, 0.3) is 0 Å². The summed E-state index contributed by atoms with van der Waals surface area (Å²) in [6, 6.07) is 11.4.